The lowest BCUT2D eigenvalue weighted by Crippen LogP contribution is -2.30. The zero-order valence-electron chi connectivity index (χ0n) is 25.0. The molecule has 44 heavy (non-hydrogen) atoms. The second-order valence-electron chi connectivity index (χ2n) is 11.0. The van der Waals surface area contributed by atoms with Crippen molar-refractivity contribution in [2.75, 3.05) is 13.6 Å². The Kier molecular flexibility index (Phi) is 12.7. The summed E-state index contributed by atoms with van der Waals surface area (Å²) in [6.45, 7) is 8.92. The molecule has 0 atom stereocenters. The number of esters is 6. The molecule has 238 valence electrons. The van der Waals surface area contributed by atoms with Crippen LogP contribution in [0.3, 0.4) is 0 Å². The fourth-order valence-corrected chi connectivity index (χ4v) is 4.87. The molecule has 0 unspecified atom stereocenters. The van der Waals surface area contributed by atoms with Gasteiger partial charge in [0, 0.05) is 11.1 Å². The van der Waals surface area contributed by atoms with E-state index in [4.69, 9.17) is 28.4 Å². The Morgan fingerprint density at radius 2 is 0.795 bits per heavy atom. The Morgan fingerprint density at radius 1 is 0.523 bits per heavy atom. The summed E-state index contributed by atoms with van der Waals surface area (Å²) in [6.07, 6.45) is 3.55. The third kappa shape index (κ3) is 10.4. The SMILES string of the molecule is C=C(C)C(=O)OCOC(=O)C1CCC(C(=O)Oc2ccc(OC(=O)C3CCC(C(=O)OCOC(=O)C(=C)C)CC3)cc2)CC1. The summed E-state index contributed by atoms with van der Waals surface area (Å²) in [6, 6.07) is 6.12. The van der Waals surface area contributed by atoms with Crippen molar-refractivity contribution in [2.45, 2.75) is 65.2 Å². The van der Waals surface area contributed by atoms with E-state index < -0.39 is 61.2 Å². The fraction of sp³-hybridized carbons (Fsp3) is 0.500. The van der Waals surface area contributed by atoms with Crippen LogP contribution >= 0.6 is 0 Å². The largest absolute Gasteiger partial charge is 0.428 e. The lowest BCUT2D eigenvalue weighted by molar-refractivity contribution is -0.170. The lowest BCUT2D eigenvalue weighted by Gasteiger charge is -2.26. The maximum absolute atomic E-state index is 12.7. The summed E-state index contributed by atoms with van der Waals surface area (Å²) in [5.41, 5.74) is 0.407. The molecule has 2 fully saturated rings. The van der Waals surface area contributed by atoms with Gasteiger partial charge in [-0.1, -0.05) is 13.2 Å². The van der Waals surface area contributed by atoms with Gasteiger partial charge in [-0.15, -0.1) is 0 Å². The van der Waals surface area contributed by atoms with Crippen LogP contribution in [-0.4, -0.2) is 49.4 Å². The third-order valence-electron chi connectivity index (χ3n) is 7.53. The molecule has 3 rings (SSSR count). The molecular weight excluding hydrogens is 576 g/mol. The Hall–Kier alpha value is -4.48. The first kappa shape index (κ1) is 34.0. The highest BCUT2D eigenvalue weighted by atomic mass is 16.7. The number of hydrogen-bond acceptors (Lipinski definition) is 12. The molecule has 0 heterocycles. The van der Waals surface area contributed by atoms with Gasteiger partial charge >= 0.3 is 35.8 Å². The van der Waals surface area contributed by atoms with Crippen LogP contribution in [0.1, 0.15) is 65.2 Å². The van der Waals surface area contributed by atoms with Gasteiger partial charge in [0.2, 0.25) is 13.6 Å². The molecule has 2 saturated carbocycles. The van der Waals surface area contributed by atoms with Crippen LogP contribution in [0.4, 0.5) is 0 Å². The van der Waals surface area contributed by atoms with Gasteiger partial charge in [0.1, 0.15) is 11.5 Å². The van der Waals surface area contributed by atoms with Crippen molar-refractivity contribution in [3.05, 3.63) is 48.6 Å². The van der Waals surface area contributed by atoms with E-state index in [1.165, 1.54) is 38.1 Å². The monoisotopic (exact) mass is 614 g/mol. The Morgan fingerprint density at radius 3 is 1.07 bits per heavy atom. The van der Waals surface area contributed by atoms with Gasteiger partial charge in [0.05, 0.1) is 23.7 Å². The van der Waals surface area contributed by atoms with E-state index in [0.29, 0.717) is 62.9 Å². The molecule has 12 heteroatoms. The highest BCUT2D eigenvalue weighted by molar-refractivity contribution is 5.87. The number of carbonyl (C=O) groups is 6. The van der Waals surface area contributed by atoms with Crippen molar-refractivity contribution in [1.82, 2.24) is 0 Å². The normalized spacial score (nSPS) is 21.1. The first-order valence-electron chi connectivity index (χ1n) is 14.5. The summed E-state index contributed by atoms with van der Waals surface area (Å²) in [5.74, 6) is -4.02. The van der Waals surface area contributed by atoms with E-state index in [-0.39, 0.29) is 23.0 Å². The molecule has 0 aromatic heterocycles. The molecule has 1 aromatic carbocycles. The molecule has 0 bridgehead atoms. The van der Waals surface area contributed by atoms with Crippen LogP contribution in [0.15, 0.2) is 48.6 Å². The van der Waals surface area contributed by atoms with E-state index in [0.717, 1.165) is 0 Å². The van der Waals surface area contributed by atoms with Crippen molar-refractivity contribution >= 4 is 35.8 Å². The molecule has 0 saturated heterocycles. The molecule has 0 amide bonds. The molecule has 2 aliphatic carbocycles. The van der Waals surface area contributed by atoms with Crippen LogP contribution in [0.2, 0.25) is 0 Å². The zero-order chi connectivity index (χ0) is 32.2. The maximum atomic E-state index is 12.7. The minimum atomic E-state index is -0.641. The molecule has 0 aliphatic heterocycles. The summed E-state index contributed by atoms with van der Waals surface area (Å²) < 4.78 is 30.5. The summed E-state index contributed by atoms with van der Waals surface area (Å²) in [5, 5.41) is 0. The Labute approximate surface area is 255 Å². The van der Waals surface area contributed by atoms with E-state index in [9.17, 15) is 28.8 Å². The van der Waals surface area contributed by atoms with Crippen molar-refractivity contribution < 1.29 is 57.2 Å². The third-order valence-corrected chi connectivity index (χ3v) is 7.53. The van der Waals surface area contributed by atoms with Gasteiger partial charge in [-0.05, 0) is 89.5 Å². The Bertz CT molecular complexity index is 1150. The van der Waals surface area contributed by atoms with Gasteiger partial charge in [0.15, 0.2) is 0 Å². The second-order valence-corrected chi connectivity index (χ2v) is 11.0. The molecule has 1 aromatic rings. The van der Waals surface area contributed by atoms with Gasteiger partial charge in [-0.3, -0.25) is 19.2 Å². The lowest BCUT2D eigenvalue weighted by atomic mass is 9.82. The van der Waals surface area contributed by atoms with Crippen LogP contribution in [-0.2, 0) is 47.7 Å². The van der Waals surface area contributed by atoms with Crippen LogP contribution in [0, 0.1) is 23.7 Å². The van der Waals surface area contributed by atoms with Crippen molar-refractivity contribution in [2.24, 2.45) is 23.7 Å². The van der Waals surface area contributed by atoms with Crippen molar-refractivity contribution in [1.29, 1.82) is 0 Å². The quantitative estimate of drug-likeness (QED) is 0.142. The minimum Gasteiger partial charge on any atom is -0.428 e. The molecule has 0 spiro atoms. The number of rotatable bonds is 12. The minimum absolute atomic E-state index is 0.204. The molecule has 0 N–H and O–H groups in total. The summed E-state index contributed by atoms with van der Waals surface area (Å²) in [4.78, 5) is 72.5. The summed E-state index contributed by atoms with van der Waals surface area (Å²) >= 11 is 0. The number of carbonyl (C=O) groups excluding carboxylic acids is 6. The zero-order valence-corrected chi connectivity index (χ0v) is 25.0. The summed E-state index contributed by atoms with van der Waals surface area (Å²) in [7, 11) is 0. The average molecular weight is 615 g/mol. The van der Waals surface area contributed by atoms with Gasteiger partial charge < -0.3 is 28.4 Å². The number of ether oxygens (including phenoxy) is 6. The maximum Gasteiger partial charge on any atom is 0.335 e. The van der Waals surface area contributed by atoms with E-state index >= 15 is 0 Å². The fourth-order valence-electron chi connectivity index (χ4n) is 4.87. The standard InChI is InChI=1S/C32H38O12/c1-19(2)27(33)39-17-41-29(35)21-5-9-23(10-6-21)31(37)43-25-13-15-26(16-14-25)44-32(38)24-11-7-22(8-12-24)30(36)42-18-40-28(34)20(3)4/h13-16,21-24H,1,3,5-12,17-18H2,2,4H3. The van der Waals surface area contributed by atoms with Gasteiger partial charge in [-0.2, -0.15) is 0 Å². The van der Waals surface area contributed by atoms with Crippen molar-refractivity contribution in [3.63, 3.8) is 0 Å². The van der Waals surface area contributed by atoms with Crippen LogP contribution in [0.25, 0.3) is 0 Å². The smallest absolute Gasteiger partial charge is 0.335 e. The topological polar surface area (TPSA) is 158 Å². The van der Waals surface area contributed by atoms with E-state index in [1.807, 2.05) is 0 Å². The van der Waals surface area contributed by atoms with Crippen LogP contribution in [0.5, 0.6) is 11.5 Å². The molecule has 12 nitrogen and oxygen atoms in total. The highest BCUT2D eigenvalue weighted by Gasteiger charge is 2.33. The predicted molar refractivity (Wildman–Crippen MR) is 152 cm³/mol. The number of hydrogen-bond donors (Lipinski definition) is 0. The van der Waals surface area contributed by atoms with Gasteiger partial charge in [-0.25, -0.2) is 9.59 Å². The predicted octanol–water partition coefficient (Wildman–Crippen LogP) is 4.35. The van der Waals surface area contributed by atoms with Gasteiger partial charge in [0.25, 0.3) is 0 Å². The van der Waals surface area contributed by atoms with Crippen molar-refractivity contribution in [3.8, 4) is 11.5 Å². The van der Waals surface area contributed by atoms with E-state index in [1.54, 1.807) is 0 Å². The Balaban J connectivity index is 1.35. The first-order valence-corrected chi connectivity index (χ1v) is 14.5. The van der Waals surface area contributed by atoms with E-state index in [2.05, 4.69) is 13.2 Å². The second kappa shape index (κ2) is 16.4. The van der Waals surface area contributed by atoms with Crippen LogP contribution < -0.4 is 9.47 Å². The average Bonchev–Trinajstić information content (AvgIpc) is 3.01. The molecule has 2 aliphatic rings. The first-order chi connectivity index (χ1) is 20.9. The number of benzene rings is 1. The molecule has 0 radical (unpaired) electrons. The molecular formula is C32H38O12. The highest BCUT2D eigenvalue weighted by Crippen LogP contribution is 2.33.